The second kappa shape index (κ2) is 11.2. The third-order valence-corrected chi connectivity index (χ3v) is 4.43. The van der Waals surface area contributed by atoms with Crippen molar-refractivity contribution < 1.29 is 13.7 Å². The van der Waals surface area contributed by atoms with Gasteiger partial charge in [-0.25, -0.2) is 4.39 Å². The van der Waals surface area contributed by atoms with Crippen molar-refractivity contribution in [2.24, 2.45) is 4.99 Å². The van der Waals surface area contributed by atoms with Crippen LogP contribution in [0.15, 0.2) is 27.7 Å². The molecule has 1 atom stereocenters. The normalized spacial score (nSPS) is 12.3. The van der Waals surface area contributed by atoms with E-state index in [0.717, 1.165) is 35.1 Å². The number of nitrogens with one attached hydrogen (secondary N) is 1. The Morgan fingerprint density at radius 3 is 2.64 bits per heavy atom. The Morgan fingerprint density at radius 2 is 2.11 bits per heavy atom. The molecule has 1 aromatic carbocycles. The predicted octanol–water partition coefficient (Wildman–Crippen LogP) is 4.26. The van der Waals surface area contributed by atoms with Crippen LogP contribution in [0.1, 0.15) is 42.3 Å². The van der Waals surface area contributed by atoms with Crippen LogP contribution in [0.2, 0.25) is 0 Å². The number of aromatic nitrogens is 1. The van der Waals surface area contributed by atoms with Crippen LogP contribution in [-0.4, -0.2) is 43.3 Å². The Balaban J connectivity index is 0.00000392. The number of hydrogen-bond acceptors (Lipinski definition) is 4. The number of halogens is 2. The molecule has 1 unspecified atom stereocenters. The highest BCUT2D eigenvalue weighted by Crippen LogP contribution is 2.23. The Bertz CT molecular complexity index is 775. The second-order valence-electron chi connectivity index (χ2n) is 6.66. The summed E-state index contributed by atoms with van der Waals surface area (Å²) in [6, 6.07) is 4.99. The molecule has 0 saturated heterocycles. The van der Waals surface area contributed by atoms with Crippen molar-refractivity contribution in [1.29, 1.82) is 0 Å². The molecule has 1 heterocycles. The van der Waals surface area contributed by atoms with E-state index < -0.39 is 0 Å². The van der Waals surface area contributed by atoms with E-state index in [1.54, 1.807) is 6.07 Å². The lowest BCUT2D eigenvalue weighted by Crippen LogP contribution is -2.38. The Labute approximate surface area is 183 Å². The molecule has 0 radical (unpaired) electrons. The van der Waals surface area contributed by atoms with Gasteiger partial charge in [0.05, 0.1) is 12.8 Å². The van der Waals surface area contributed by atoms with Gasteiger partial charge in [0.15, 0.2) is 17.5 Å². The van der Waals surface area contributed by atoms with Crippen molar-refractivity contribution in [3.8, 4) is 5.75 Å². The lowest BCUT2D eigenvalue weighted by atomic mass is 10.00. The summed E-state index contributed by atoms with van der Waals surface area (Å²) in [4.78, 5) is 6.72. The third-order valence-electron chi connectivity index (χ3n) is 4.43. The largest absolute Gasteiger partial charge is 0.494 e. The number of aryl methyl sites for hydroxylation is 2. The van der Waals surface area contributed by atoms with Gasteiger partial charge in [0.25, 0.3) is 0 Å². The molecule has 1 N–H and O–H groups in total. The molecule has 6 nitrogen and oxygen atoms in total. The maximum atomic E-state index is 13.9. The summed E-state index contributed by atoms with van der Waals surface area (Å²) >= 11 is 0. The van der Waals surface area contributed by atoms with E-state index in [-0.39, 0.29) is 41.5 Å². The molecule has 0 spiro atoms. The van der Waals surface area contributed by atoms with Crippen LogP contribution in [0.4, 0.5) is 4.39 Å². The molecule has 0 fully saturated rings. The first-order chi connectivity index (χ1) is 12.9. The number of rotatable bonds is 7. The van der Waals surface area contributed by atoms with E-state index >= 15 is 0 Å². The van der Waals surface area contributed by atoms with Crippen molar-refractivity contribution >= 4 is 29.9 Å². The fourth-order valence-electron chi connectivity index (χ4n) is 3.13. The highest BCUT2D eigenvalue weighted by atomic mass is 127. The third kappa shape index (κ3) is 6.08. The highest BCUT2D eigenvalue weighted by Gasteiger charge is 2.17. The van der Waals surface area contributed by atoms with Crippen LogP contribution in [0.25, 0.3) is 0 Å². The molecule has 0 amide bonds. The molecule has 2 aromatic rings. The van der Waals surface area contributed by atoms with Crippen molar-refractivity contribution in [2.75, 3.05) is 27.2 Å². The Hall–Kier alpha value is -1.84. The number of guanidine groups is 1. The summed E-state index contributed by atoms with van der Waals surface area (Å²) in [5, 5.41) is 7.31. The number of methoxy groups -OCH3 is 1. The molecule has 8 heteroatoms. The number of aliphatic imine (C=N–C) groups is 1. The summed E-state index contributed by atoms with van der Waals surface area (Å²) in [6.45, 7) is 9.89. The predicted molar refractivity (Wildman–Crippen MR) is 120 cm³/mol. The first kappa shape index (κ1) is 24.2. The lowest BCUT2D eigenvalue weighted by molar-refractivity contribution is 0.385. The molecular weight excluding hydrogens is 474 g/mol. The van der Waals surface area contributed by atoms with Crippen LogP contribution in [0.5, 0.6) is 5.75 Å². The fourth-order valence-corrected chi connectivity index (χ4v) is 3.13. The standard InChI is InChI=1S/C20H29FN4O2.HI/c1-7-22-20(23-11-13(2)19-14(3)24-27-15(19)4)25(5)12-16-8-9-18(26-6)17(21)10-16;/h8-10,13H,7,11-12H2,1-6H3,(H,22,23);1H. The van der Waals surface area contributed by atoms with Gasteiger partial charge in [-0.15, -0.1) is 24.0 Å². The zero-order valence-corrected chi connectivity index (χ0v) is 19.7. The minimum absolute atomic E-state index is 0. The Morgan fingerprint density at radius 1 is 1.39 bits per heavy atom. The number of ether oxygens (including phenoxy) is 1. The van der Waals surface area contributed by atoms with E-state index in [1.165, 1.54) is 13.2 Å². The molecule has 0 aliphatic heterocycles. The van der Waals surface area contributed by atoms with Crippen LogP contribution >= 0.6 is 24.0 Å². The summed E-state index contributed by atoms with van der Waals surface area (Å²) in [6.07, 6.45) is 0. The monoisotopic (exact) mass is 504 g/mol. The van der Waals surface area contributed by atoms with Gasteiger partial charge >= 0.3 is 0 Å². The minimum atomic E-state index is -0.364. The average molecular weight is 504 g/mol. The van der Waals surface area contributed by atoms with Crippen molar-refractivity contribution in [3.63, 3.8) is 0 Å². The molecule has 1 aromatic heterocycles. The van der Waals surface area contributed by atoms with E-state index in [1.807, 2.05) is 38.8 Å². The Kier molecular flexibility index (Phi) is 9.71. The van der Waals surface area contributed by atoms with Gasteiger partial charge in [0.2, 0.25) is 0 Å². The van der Waals surface area contributed by atoms with Crippen LogP contribution in [0.3, 0.4) is 0 Å². The molecule has 156 valence electrons. The molecule has 0 aliphatic rings. The SMILES string of the molecule is CCNC(=NCC(C)c1c(C)noc1C)N(C)Cc1ccc(OC)c(F)c1.I. The first-order valence-corrected chi connectivity index (χ1v) is 9.12. The smallest absolute Gasteiger partial charge is 0.193 e. The topological polar surface area (TPSA) is 62.9 Å². The quantitative estimate of drug-likeness (QED) is 0.347. The number of nitrogens with zero attached hydrogens (tertiary/aromatic N) is 3. The van der Waals surface area contributed by atoms with Gasteiger partial charge in [-0.2, -0.15) is 0 Å². The average Bonchev–Trinajstić information content (AvgIpc) is 2.97. The zero-order valence-electron chi connectivity index (χ0n) is 17.4. The van der Waals surface area contributed by atoms with Gasteiger partial charge in [-0.05, 0) is 38.5 Å². The van der Waals surface area contributed by atoms with Crippen LogP contribution < -0.4 is 10.1 Å². The summed E-state index contributed by atoms with van der Waals surface area (Å²) in [7, 11) is 3.39. The summed E-state index contributed by atoms with van der Waals surface area (Å²) < 4.78 is 24.2. The van der Waals surface area contributed by atoms with Crippen LogP contribution in [0, 0.1) is 19.7 Å². The van der Waals surface area contributed by atoms with Crippen molar-refractivity contribution in [1.82, 2.24) is 15.4 Å². The maximum Gasteiger partial charge on any atom is 0.193 e. The summed E-state index contributed by atoms with van der Waals surface area (Å²) in [5.74, 6) is 1.68. The molecule has 0 bridgehead atoms. The molecule has 2 rings (SSSR count). The second-order valence-corrected chi connectivity index (χ2v) is 6.66. The molecular formula is C20H30FIN4O2. The molecule has 28 heavy (non-hydrogen) atoms. The van der Waals surface area contributed by atoms with E-state index in [9.17, 15) is 4.39 Å². The maximum absolute atomic E-state index is 13.9. The lowest BCUT2D eigenvalue weighted by Gasteiger charge is -2.23. The van der Waals surface area contributed by atoms with E-state index in [0.29, 0.717) is 13.1 Å². The first-order valence-electron chi connectivity index (χ1n) is 9.12. The van der Waals surface area contributed by atoms with E-state index in [4.69, 9.17) is 14.3 Å². The number of hydrogen-bond donors (Lipinski definition) is 1. The molecule has 0 aliphatic carbocycles. The fraction of sp³-hybridized carbons (Fsp3) is 0.500. The number of benzene rings is 1. The molecule has 0 saturated carbocycles. The van der Waals surface area contributed by atoms with E-state index in [2.05, 4.69) is 17.4 Å². The van der Waals surface area contributed by atoms with Gasteiger partial charge in [-0.3, -0.25) is 4.99 Å². The van der Waals surface area contributed by atoms with Gasteiger partial charge in [-0.1, -0.05) is 18.1 Å². The van der Waals surface area contributed by atoms with Crippen molar-refractivity contribution in [3.05, 3.63) is 46.6 Å². The zero-order chi connectivity index (χ0) is 20.0. The summed E-state index contributed by atoms with van der Waals surface area (Å²) in [5.41, 5.74) is 2.86. The van der Waals surface area contributed by atoms with Crippen molar-refractivity contribution in [2.45, 2.75) is 40.2 Å². The minimum Gasteiger partial charge on any atom is -0.494 e. The highest BCUT2D eigenvalue weighted by molar-refractivity contribution is 14.0. The van der Waals surface area contributed by atoms with Gasteiger partial charge < -0.3 is 19.5 Å². The van der Waals surface area contributed by atoms with Crippen LogP contribution in [-0.2, 0) is 6.54 Å². The van der Waals surface area contributed by atoms with Gasteiger partial charge in [0, 0.05) is 38.2 Å². The van der Waals surface area contributed by atoms with Gasteiger partial charge in [0.1, 0.15) is 5.76 Å².